The molecule has 0 spiro atoms. The van der Waals surface area contributed by atoms with Crippen LogP contribution in [-0.2, 0) is 26.2 Å². The van der Waals surface area contributed by atoms with Crippen molar-refractivity contribution >= 4 is 58.0 Å². The van der Waals surface area contributed by atoms with E-state index in [1.807, 2.05) is 11.0 Å². The first-order valence-corrected chi connectivity index (χ1v) is 12.4. The molecule has 1 aromatic heterocycles. The van der Waals surface area contributed by atoms with Crippen molar-refractivity contribution in [3.63, 3.8) is 0 Å². The molecule has 10 nitrogen and oxygen atoms in total. The van der Waals surface area contributed by atoms with E-state index in [-0.39, 0.29) is 46.2 Å². The molecule has 0 saturated carbocycles. The molecule has 35 heavy (non-hydrogen) atoms. The Morgan fingerprint density at radius 2 is 2.09 bits per heavy atom. The van der Waals surface area contributed by atoms with Gasteiger partial charge in [-0.1, -0.05) is 24.0 Å². The number of carboxylic acids is 1. The van der Waals surface area contributed by atoms with Crippen LogP contribution in [0.1, 0.15) is 42.9 Å². The van der Waals surface area contributed by atoms with E-state index in [0.29, 0.717) is 42.9 Å². The molecular weight excluding hydrogens is 492 g/mol. The Kier molecular flexibility index (Phi) is 8.34. The van der Waals surface area contributed by atoms with Gasteiger partial charge in [0.1, 0.15) is 21.8 Å². The first-order chi connectivity index (χ1) is 16.6. The lowest BCUT2D eigenvalue weighted by Gasteiger charge is -2.35. The number of rotatable bonds is 7. The molecule has 0 bridgehead atoms. The van der Waals surface area contributed by atoms with Crippen LogP contribution < -0.4 is 10.5 Å². The third kappa shape index (κ3) is 5.41. The number of carbonyl (C=O) groups excluding carboxylic acids is 2. The van der Waals surface area contributed by atoms with Crippen LogP contribution in [0.15, 0.2) is 9.70 Å². The molecule has 1 amide bonds. The predicted molar refractivity (Wildman–Crippen MR) is 135 cm³/mol. The van der Waals surface area contributed by atoms with E-state index >= 15 is 0 Å². The number of carbonyl (C=O) groups is 3. The van der Waals surface area contributed by atoms with Crippen LogP contribution in [0.4, 0.5) is 5.82 Å². The maximum absolute atomic E-state index is 13.0. The molecule has 12 heteroatoms. The Hall–Kier alpha value is -3.17. The second-order valence-corrected chi connectivity index (χ2v) is 9.90. The smallest absolute Gasteiger partial charge is 0.310 e. The summed E-state index contributed by atoms with van der Waals surface area (Å²) in [6.45, 7) is 4.53. The van der Waals surface area contributed by atoms with Gasteiger partial charge in [0.25, 0.3) is 11.5 Å². The minimum absolute atomic E-state index is 0.0391. The second-order valence-electron chi connectivity index (χ2n) is 8.23. The summed E-state index contributed by atoms with van der Waals surface area (Å²) in [5.74, 6) is -1.64. The Balaban J connectivity index is 2.09. The number of hydrogen-bond acceptors (Lipinski definition) is 9. The van der Waals surface area contributed by atoms with Crippen LogP contribution in [0.2, 0.25) is 0 Å². The number of hydrogen-bond donors (Lipinski definition) is 1. The van der Waals surface area contributed by atoms with Crippen molar-refractivity contribution in [2.24, 2.45) is 13.0 Å². The number of ether oxygens (including phenoxy) is 1. The number of pyridine rings is 1. The summed E-state index contributed by atoms with van der Waals surface area (Å²) in [6, 6.07) is 1.96. The van der Waals surface area contributed by atoms with E-state index in [1.54, 1.807) is 27.0 Å². The molecule has 2 aliphatic rings. The molecular formula is C23H26N4O6S2. The van der Waals surface area contributed by atoms with Gasteiger partial charge in [-0.05, 0) is 38.3 Å². The molecule has 1 N–H and O–H groups in total. The standard InChI is InChI=1S/C23H26N4O6S2/c1-4-33-22(32)14-6-5-8-26(12-14)19-15(13(2)16(11-24)20(30)25(19)3)10-17-21(31)27(23(34)35-17)9-7-18(28)29/h10,14H,4-9,12H2,1-3H3,(H,28,29)/b17-10+. The van der Waals surface area contributed by atoms with Crippen LogP contribution >= 0.6 is 24.0 Å². The number of anilines is 1. The molecule has 1 unspecified atom stereocenters. The number of aromatic nitrogens is 1. The number of esters is 1. The van der Waals surface area contributed by atoms with Crippen molar-refractivity contribution in [1.82, 2.24) is 9.47 Å². The topological polar surface area (TPSA) is 133 Å². The number of nitriles is 1. The molecule has 186 valence electrons. The fraction of sp³-hybridized carbons (Fsp3) is 0.478. The van der Waals surface area contributed by atoms with Gasteiger partial charge < -0.3 is 14.7 Å². The zero-order valence-electron chi connectivity index (χ0n) is 19.7. The monoisotopic (exact) mass is 518 g/mol. The highest BCUT2D eigenvalue weighted by atomic mass is 32.2. The average Bonchev–Trinajstić information content (AvgIpc) is 3.08. The third-order valence-corrected chi connectivity index (χ3v) is 7.38. The maximum atomic E-state index is 13.0. The van der Waals surface area contributed by atoms with Crippen LogP contribution in [0.25, 0.3) is 6.08 Å². The molecule has 3 heterocycles. The van der Waals surface area contributed by atoms with Crippen LogP contribution in [-0.4, -0.2) is 63.0 Å². The minimum Gasteiger partial charge on any atom is -0.481 e. The molecule has 1 aromatic rings. The lowest BCUT2D eigenvalue weighted by atomic mass is 9.96. The van der Waals surface area contributed by atoms with Gasteiger partial charge in [0, 0.05) is 32.2 Å². The van der Waals surface area contributed by atoms with Crippen molar-refractivity contribution in [2.45, 2.75) is 33.1 Å². The van der Waals surface area contributed by atoms with Gasteiger partial charge in [-0.25, -0.2) is 0 Å². The van der Waals surface area contributed by atoms with Gasteiger partial charge in [-0.15, -0.1) is 0 Å². The molecule has 0 radical (unpaired) electrons. The van der Waals surface area contributed by atoms with Gasteiger partial charge in [0.15, 0.2) is 0 Å². The summed E-state index contributed by atoms with van der Waals surface area (Å²) in [5.41, 5.74) is 0.416. The molecule has 0 aromatic carbocycles. The number of amides is 1. The zero-order chi connectivity index (χ0) is 25.9. The van der Waals surface area contributed by atoms with Crippen molar-refractivity contribution in [1.29, 1.82) is 5.26 Å². The SMILES string of the molecule is CCOC(=O)C1CCCN(c2c(/C=C3/SC(=S)N(CCC(=O)O)C3=O)c(C)c(C#N)c(=O)n2C)C1. The zero-order valence-corrected chi connectivity index (χ0v) is 21.3. The highest BCUT2D eigenvalue weighted by Crippen LogP contribution is 2.36. The highest BCUT2D eigenvalue weighted by molar-refractivity contribution is 8.26. The van der Waals surface area contributed by atoms with Crippen molar-refractivity contribution in [3.8, 4) is 6.07 Å². The maximum Gasteiger partial charge on any atom is 0.310 e. The molecule has 2 saturated heterocycles. The molecule has 1 atom stereocenters. The van der Waals surface area contributed by atoms with Crippen molar-refractivity contribution < 1.29 is 24.2 Å². The summed E-state index contributed by atoms with van der Waals surface area (Å²) < 4.78 is 6.81. The van der Waals surface area contributed by atoms with E-state index in [4.69, 9.17) is 22.1 Å². The molecule has 3 rings (SSSR count). The van der Waals surface area contributed by atoms with Gasteiger partial charge in [-0.2, -0.15) is 5.26 Å². The predicted octanol–water partition coefficient (Wildman–Crippen LogP) is 2.02. The van der Waals surface area contributed by atoms with E-state index in [2.05, 4.69) is 0 Å². The van der Waals surface area contributed by atoms with Crippen molar-refractivity contribution in [2.75, 3.05) is 31.1 Å². The molecule has 0 aliphatic carbocycles. The number of thioether (sulfide) groups is 1. The molecule has 2 aliphatic heterocycles. The Morgan fingerprint density at radius 3 is 2.71 bits per heavy atom. The number of thiocarbonyl (C=S) groups is 1. The summed E-state index contributed by atoms with van der Waals surface area (Å²) in [6.07, 6.45) is 2.72. The van der Waals surface area contributed by atoms with Crippen molar-refractivity contribution in [3.05, 3.63) is 31.9 Å². The Morgan fingerprint density at radius 1 is 1.37 bits per heavy atom. The quantitative estimate of drug-likeness (QED) is 0.325. The first-order valence-electron chi connectivity index (χ1n) is 11.1. The van der Waals surface area contributed by atoms with Gasteiger partial charge in [0.2, 0.25) is 0 Å². The second kappa shape index (κ2) is 11.0. The van der Waals surface area contributed by atoms with E-state index in [9.17, 15) is 24.4 Å². The lowest BCUT2D eigenvalue weighted by Crippen LogP contribution is -2.42. The lowest BCUT2D eigenvalue weighted by molar-refractivity contribution is -0.148. The Bertz CT molecular complexity index is 1220. The van der Waals surface area contributed by atoms with Crippen LogP contribution in [0.3, 0.4) is 0 Å². The Labute approximate surface area is 212 Å². The first kappa shape index (κ1) is 26.4. The fourth-order valence-electron chi connectivity index (χ4n) is 4.25. The summed E-state index contributed by atoms with van der Waals surface area (Å²) in [4.78, 5) is 52.7. The highest BCUT2D eigenvalue weighted by Gasteiger charge is 2.34. The summed E-state index contributed by atoms with van der Waals surface area (Å²) >= 11 is 6.32. The van der Waals surface area contributed by atoms with E-state index < -0.39 is 17.4 Å². The van der Waals surface area contributed by atoms with E-state index in [1.165, 1.54) is 9.47 Å². The molecule has 2 fully saturated rings. The summed E-state index contributed by atoms with van der Waals surface area (Å²) in [7, 11) is 1.56. The largest absolute Gasteiger partial charge is 0.481 e. The average molecular weight is 519 g/mol. The number of carboxylic acid groups (broad SMARTS) is 1. The van der Waals surface area contributed by atoms with E-state index in [0.717, 1.165) is 11.8 Å². The van der Waals surface area contributed by atoms with Crippen LogP contribution in [0.5, 0.6) is 0 Å². The van der Waals surface area contributed by atoms with Gasteiger partial charge >= 0.3 is 11.9 Å². The summed E-state index contributed by atoms with van der Waals surface area (Å²) in [5, 5.41) is 18.6. The van der Waals surface area contributed by atoms with Crippen LogP contribution in [0, 0.1) is 24.2 Å². The number of nitrogens with zero attached hydrogens (tertiary/aromatic N) is 4. The van der Waals surface area contributed by atoms with Gasteiger partial charge in [-0.3, -0.25) is 28.6 Å². The third-order valence-electron chi connectivity index (χ3n) is 6.01. The minimum atomic E-state index is -1.04. The normalized spacial score (nSPS) is 19.3. The number of piperidine rings is 1. The van der Waals surface area contributed by atoms with Gasteiger partial charge in [0.05, 0.1) is 23.9 Å². The fourth-order valence-corrected chi connectivity index (χ4v) is 5.54. The number of aliphatic carboxylic acids is 1.